The molecule has 3 heterocycles. The largest absolute Gasteiger partial charge is 0.501 e. The van der Waals surface area contributed by atoms with Crippen molar-refractivity contribution in [2.75, 3.05) is 0 Å². The van der Waals surface area contributed by atoms with E-state index in [2.05, 4.69) is 65.6 Å². The zero-order valence-electron chi connectivity index (χ0n) is 31.5. The van der Waals surface area contributed by atoms with Crippen LogP contribution in [0.1, 0.15) is 53.4 Å². The average Bonchev–Trinajstić information content (AvgIpc) is 3.56. The van der Waals surface area contributed by atoms with Crippen LogP contribution in [0.25, 0.3) is 77.1 Å². The van der Waals surface area contributed by atoms with E-state index in [0.29, 0.717) is 0 Å². The standard InChI is InChI=1S/C37H30NO.C11H8N.Ir/c1-22(2)31-21-32-26-11-6-5-10-24(26)16-17-28(32)35(23(3)4)36(31)25-18-19-38-33(20-25)30-14-9-13-29-27-12-7-8-15-34(27)39-37(29)30;1-2-6-10(7-3-1)11-8-4-5-9-12-11;/h5-13,15-23H,1-4H3;1-6,8-9H;/q2*-1;/i22D,23D;;. The van der Waals surface area contributed by atoms with Crippen LogP contribution >= 0.6 is 0 Å². The molecular weight excluding hydrogens is 813 g/mol. The molecule has 0 aliphatic carbocycles. The molecule has 1 radical (unpaired) electrons. The Bertz CT molecular complexity index is 2710. The number of aromatic nitrogens is 2. The van der Waals surface area contributed by atoms with Gasteiger partial charge in [-0.15, -0.1) is 54.1 Å². The molecule has 0 saturated heterocycles. The van der Waals surface area contributed by atoms with Gasteiger partial charge in [0.2, 0.25) is 0 Å². The van der Waals surface area contributed by atoms with Crippen molar-refractivity contribution in [1.29, 1.82) is 0 Å². The number of fused-ring (bicyclic) bond motifs is 6. The summed E-state index contributed by atoms with van der Waals surface area (Å²) in [6.45, 7) is 7.72. The Morgan fingerprint density at radius 3 is 2.13 bits per heavy atom. The molecule has 0 saturated carbocycles. The molecular formula is C48H38IrN2O-2. The van der Waals surface area contributed by atoms with Gasteiger partial charge >= 0.3 is 0 Å². The SMILES string of the molecule is [2H]C(C)(C)c1cc2c(ccc3ccccc32)c(C([2H])(C)C)c1-c1ccnc(-c2[c-]ccc3c2oc2ccccc23)c1.[Ir].[c-]1ccccc1-c1ccccn1. The van der Waals surface area contributed by atoms with E-state index in [1.165, 1.54) is 0 Å². The van der Waals surface area contributed by atoms with Crippen molar-refractivity contribution < 1.29 is 27.3 Å². The first-order valence-corrected chi connectivity index (χ1v) is 17.2. The van der Waals surface area contributed by atoms with Gasteiger partial charge in [0.15, 0.2) is 0 Å². The second-order valence-corrected chi connectivity index (χ2v) is 13.2. The van der Waals surface area contributed by atoms with Gasteiger partial charge in [0.25, 0.3) is 0 Å². The third-order valence-electron chi connectivity index (χ3n) is 9.38. The number of hydrogen-bond donors (Lipinski definition) is 0. The summed E-state index contributed by atoms with van der Waals surface area (Å²) in [5.74, 6) is -1.83. The molecule has 0 amide bonds. The summed E-state index contributed by atoms with van der Waals surface area (Å²) in [6, 6.07) is 51.0. The van der Waals surface area contributed by atoms with Gasteiger partial charge in [0.05, 0.1) is 5.58 Å². The quantitative estimate of drug-likeness (QED) is 0.128. The molecule has 0 spiro atoms. The van der Waals surface area contributed by atoms with Crippen molar-refractivity contribution in [1.82, 2.24) is 9.97 Å². The van der Waals surface area contributed by atoms with E-state index in [0.717, 1.165) is 88.3 Å². The summed E-state index contributed by atoms with van der Waals surface area (Å²) in [5, 5.41) is 6.49. The first-order chi connectivity index (χ1) is 25.6. The van der Waals surface area contributed by atoms with Crippen molar-refractivity contribution >= 4 is 43.5 Å². The van der Waals surface area contributed by atoms with Gasteiger partial charge in [-0.05, 0) is 91.2 Å². The fourth-order valence-corrected chi connectivity index (χ4v) is 7.05. The van der Waals surface area contributed by atoms with Crippen LogP contribution in [0.5, 0.6) is 0 Å². The molecule has 0 N–H and O–H groups in total. The van der Waals surface area contributed by atoms with E-state index >= 15 is 0 Å². The summed E-state index contributed by atoms with van der Waals surface area (Å²) in [4.78, 5) is 8.98. The van der Waals surface area contributed by atoms with E-state index in [1.807, 2.05) is 119 Å². The summed E-state index contributed by atoms with van der Waals surface area (Å²) in [6.07, 6.45) is 3.60. The van der Waals surface area contributed by atoms with Gasteiger partial charge in [-0.1, -0.05) is 111 Å². The summed E-state index contributed by atoms with van der Waals surface area (Å²) in [5.41, 5.74) is 8.79. The van der Waals surface area contributed by atoms with Crippen LogP contribution in [0.3, 0.4) is 0 Å². The fraction of sp³-hybridized carbons (Fsp3) is 0.125. The number of para-hydroxylation sites is 1. The van der Waals surface area contributed by atoms with Crippen molar-refractivity contribution in [3.8, 4) is 33.6 Å². The van der Waals surface area contributed by atoms with E-state index < -0.39 is 11.8 Å². The van der Waals surface area contributed by atoms with Crippen molar-refractivity contribution in [3.63, 3.8) is 0 Å². The maximum atomic E-state index is 9.34. The van der Waals surface area contributed by atoms with Gasteiger partial charge in [0.1, 0.15) is 5.58 Å². The number of pyridine rings is 2. The number of hydrogen-bond acceptors (Lipinski definition) is 3. The first kappa shape index (κ1) is 32.5. The van der Waals surface area contributed by atoms with Gasteiger partial charge in [-0.2, -0.15) is 0 Å². The Morgan fingerprint density at radius 1 is 0.596 bits per heavy atom. The molecule has 0 aliphatic heterocycles. The molecule has 0 atom stereocenters. The maximum Gasteiger partial charge on any atom is 0.120 e. The minimum atomic E-state index is -0.925. The van der Waals surface area contributed by atoms with Crippen LogP contribution in [0.2, 0.25) is 0 Å². The Hall–Kier alpha value is -5.41. The van der Waals surface area contributed by atoms with Gasteiger partial charge in [0, 0.05) is 40.6 Å². The van der Waals surface area contributed by atoms with E-state index in [9.17, 15) is 2.74 Å². The summed E-state index contributed by atoms with van der Waals surface area (Å²) < 4.78 is 24.9. The molecule has 0 unspecified atom stereocenters. The predicted molar refractivity (Wildman–Crippen MR) is 213 cm³/mol. The third-order valence-corrected chi connectivity index (χ3v) is 9.38. The Balaban J connectivity index is 0.000000294. The second-order valence-electron chi connectivity index (χ2n) is 13.2. The van der Waals surface area contributed by atoms with Crippen LogP contribution in [0.4, 0.5) is 0 Å². The molecule has 0 fully saturated rings. The minimum Gasteiger partial charge on any atom is -0.501 e. The molecule has 9 aromatic rings. The first-order valence-electron chi connectivity index (χ1n) is 18.2. The molecule has 6 aromatic carbocycles. The van der Waals surface area contributed by atoms with Crippen LogP contribution in [0.15, 0.2) is 150 Å². The Kier molecular flexibility index (Phi) is 9.41. The number of furan rings is 1. The molecule has 3 aromatic heterocycles. The fourth-order valence-electron chi connectivity index (χ4n) is 7.05. The average molecular weight is 853 g/mol. The third kappa shape index (κ3) is 6.57. The normalized spacial score (nSPS) is 12.2. The van der Waals surface area contributed by atoms with E-state index in [4.69, 9.17) is 9.40 Å². The predicted octanol–water partition coefficient (Wildman–Crippen LogP) is 13.2. The summed E-state index contributed by atoms with van der Waals surface area (Å²) in [7, 11) is 0. The zero-order valence-corrected chi connectivity index (χ0v) is 31.9. The smallest absolute Gasteiger partial charge is 0.120 e. The van der Waals surface area contributed by atoms with Crippen molar-refractivity contribution in [3.05, 3.63) is 169 Å². The zero-order chi connectivity index (χ0) is 36.7. The van der Waals surface area contributed by atoms with Crippen molar-refractivity contribution in [2.24, 2.45) is 0 Å². The van der Waals surface area contributed by atoms with Crippen molar-refractivity contribution in [2.45, 2.75) is 39.5 Å². The monoisotopic (exact) mass is 853 g/mol. The number of rotatable bonds is 5. The van der Waals surface area contributed by atoms with Crippen LogP contribution in [-0.2, 0) is 20.1 Å². The Morgan fingerprint density at radius 2 is 1.37 bits per heavy atom. The van der Waals surface area contributed by atoms with Crippen LogP contribution in [-0.4, -0.2) is 9.97 Å². The molecule has 0 bridgehead atoms. The van der Waals surface area contributed by atoms with Gasteiger partial charge in [-0.3, -0.25) is 0 Å². The van der Waals surface area contributed by atoms with Crippen LogP contribution in [0, 0.1) is 12.1 Å². The molecule has 3 nitrogen and oxygen atoms in total. The number of benzene rings is 6. The maximum absolute atomic E-state index is 9.34. The minimum absolute atomic E-state index is 0. The molecule has 9 rings (SSSR count). The van der Waals surface area contributed by atoms with Gasteiger partial charge in [-0.25, -0.2) is 0 Å². The molecule has 52 heavy (non-hydrogen) atoms. The number of nitrogens with zero attached hydrogens (tertiary/aromatic N) is 2. The molecule has 257 valence electrons. The van der Waals surface area contributed by atoms with E-state index in [1.54, 1.807) is 6.20 Å². The topological polar surface area (TPSA) is 38.9 Å². The van der Waals surface area contributed by atoms with Crippen LogP contribution < -0.4 is 0 Å². The summed E-state index contributed by atoms with van der Waals surface area (Å²) >= 11 is 0. The molecule has 4 heteroatoms. The van der Waals surface area contributed by atoms with Gasteiger partial charge < -0.3 is 14.4 Å². The second kappa shape index (κ2) is 15.1. The Labute approximate surface area is 321 Å². The molecule has 0 aliphatic rings. The van der Waals surface area contributed by atoms with E-state index in [-0.39, 0.29) is 20.1 Å².